The molecule has 5 nitrogen and oxygen atoms in total. The van der Waals surface area contributed by atoms with Crippen molar-refractivity contribution in [2.75, 3.05) is 32.8 Å². The molecule has 0 radical (unpaired) electrons. The zero-order valence-corrected chi connectivity index (χ0v) is 14.4. The van der Waals surface area contributed by atoms with Gasteiger partial charge in [0, 0.05) is 37.8 Å². The summed E-state index contributed by atoms with van der Waals surface area (Å²) in [7, 11) is 0. The normalized spacial score (nSPS) is 31.9. The lowest BCUT2D eigenvalue weighted by molar-refractivity contribution is -0.123. The van der Waals surface area contributed by atoms with Crippen molar-refractivity contribution in [1.29, 1.82) is 0 Å². The highest BCUT2D eigenvalue weighted by atomic mass is 16.5. The SMILES string of the molecule is N[C@@H]1CCC[C@H]1CC(=O)NCC1(N2CCCCC2)CCOCC1. The van der Waals surface area contributed by atoms with E-state index in [4.69, 9.17) is 10.5 Å². The van der Waals surface area contributed by atoms with Gasteiger partial charge in [-0.25, -0.2) is 0 Å². The fourth-order valence-electron chi connectivity index (χ4n) is 4.62. The summed E-state index contributed by atoms with van der Waals surface area (Å²) >= 11 is 0. The highest BCUT2D eigenvalue weighted by Gasteiger charge is 2.39. The number of carbonyl (C=O) groups is 1. The summed E-state index contributed by atoms with van der Waals surface area (Å²) < 4.78 is 5.59. The lowest BCUT2D eigenvalue weighted by atomic mass is 9.86. The minimum atomic E-state index is 0.117. The van der Waals surface area contributed by atoms with Crippen molar-refractivity contribution in [2.24, 2.45) is 11.7 Å². The Morgan fingerprint density at radius 1 is 1.13 bits per heavy atom. The van der Waals surface area contributed by atoms with Crippen LogP contribution in [0.2, 0.25) is 0 Å². The summed E-state index contributed by atoms with van der Waals surface area (Å²) in [6.07, 6.45) is 9.96. The molecule has 23 heavy (non-hydrogen) atoms. The number of nitrogens with two attached hydrogens (primary N) is 1. The lowest BCUT2D eigenvalue weighted by Gasteiger charge is -2.48. The fraction of sp³-hybridized carbons (Fsp3) is 0.944. The topological polar surface area (TPSA) is 67.6 Å². The molecule has 0 bridgehead atoms. The van der Waals surface area contributed by atoms with Crippen molar-refractivity contribution in [3.63, 3.8) is 0 Å². The number of nitrogens with one attached hydrogen (secondary N) is 1. The van der Waals surface area contributed by atoms with E-state index in [1.165, 1.54) is 38.8 Å². The smallest absolute Gasteiger partial charge is 0.220 e. The number of hydrogen-bond acceptors (Lipinski definition) is 4. The van der Waals surface area contributed by atoms with Gasteiger partial charge < -0.3 is 15.8 Å². The lowest BCUT2D eigenvalue weighted by Crippen LogP contribution is -2.59. The predicted molar refractivity (Wildman–Crippen MR) is 91.2 cm³/mol. The molecule has 1 saturated carbocycles. The first kappa shape index (κ1) is 17.2. The van der Waals surface area contributed by atoms with Gasteiger partial charge in [0.05, 0.1) is 0 Å². The summed E-state index contributed by atoms with van der Waals surface area (Å²) in [6, 6.07) is 0.222. The average Bonchev–Trinajstić information content (AvgIpc) is 2.99. The van der Waals surface area contributed by atoms with E-state index in [1.807, 2.05) is 0 Å². The van der Waals surface area contributed by atoms with Crippen molar-refractivity contribution in [1.82, 2.24) is 10.2 Å². The average molecular weight is 323 g/mol. The fourth-order valence-corrected chi connectivity index (χ4v) is 4.62. The molecule has 3 N–H and O–H groups in total. The van der Waals surface area contributed by atoms with Crippen LogP contribution in [0.25, 0.3) is 0 Å². The first-order chi connectivity index (χ1) is 11.2. The predicted octanol–water partition coefficient (Wildman–Crippen LogP) is 1.66. The molecule has 3 rings (SSSR count). The molecule has 2 aliphatic heterocycles. The molecule has 2 atom stereocenters. The Hall–Kier alpha value is -0.650. The maximum atomic E-state index is 12.4. The van der Waals surface area contributed by atoms with E-state index >= 15 is 0 Å². The van der Waals surface area contributed by atoms with E-state index in [0.29, 0.717) is 12.3 Å². The third-order valence-corrected chi connectivity index (χ3v) is 6.23. The zero-order chi connectivity index (χ0) is 16.1. The summed E-state index contributed by atoms with van der Waals surface area (Å²) in [5.74, 6) is 0.575. The number of carbonyl (C=O) groups excluding carboxylic acids is 1. The van der Waals surface area contributed by atoms with Gasteiger partial charge in [0.2, 0.25) is 5.91 Å². The van der Waals surface area contributed by atoms with Gasteiger partial charge >= 0.3 is 0 Å². The summed E-state index contributed by atoms with van der Waals surface area (Å²) in [4.78, 5) is 15.0. The van der Waals surface area contributed by atoms with E-state index in [0.717, 1.165) is 45.4 Å². The van der Waals surface area contributed by atoms with E-state index in [2.05, 4.69) is 10.2 Å². The highest BCUT2D eigenvalue weighted by molar-refractivity contribution is 5.76. The molecule has 1 amide bonds. The quantitative estimate of drug-likeness (QED) is 0.807. The van der Waals surface area contributed by atoms with E-state index in [1.54, 1.807) is 0 Å². The van der Waals surface area contributed by atoms with Gasteiger partial charge in [0.15, 0.2) is 0 Å². The number of amides is 1. The highest BCUT2D eigenvalue weighted by Crippen LogP contribution is 2.31. The van der Waals surface area contributed by atoms with Crippen LogP contribution in [0, 0.1) is 5.92 Å². The van der Waals surface area contributed by atoms with Crippen molar-refractivity contribution >= 4 is 5.91 Å². The monoisotopic (exact) mass is 323 g/mol. The molecule has 5 heteroatoms. The second kappa shape index (κ2) is 7.95. The van der Waals surface area contributed by atoms with E-state index in [9.17, 15) is 4.79 Å². The maximum Gasteiger partial charge on any atom is 0.220 e. The van der Waals surface area contributed by atoms with E-state index < -0.39 is 0 Å². The van der Waals surface area contributed by atoms with Gasteiger partial charge in [-0.1, -0.05) is 12.8 Å². The Kier molecular flexibility index (Phi) is 5.94. The molecule has 3 aliphatic rings. The first-order valence-electron chi connectivity index (χ1n) is 9.55. The molecular formula is C18H33N3O2. The van der Waals surface area contributed by atoms with Crippen molar-refractivity contribution in [2.45, 2.75) is 69.4 Å². The van der Waals surface area contributed by atoms with Crippen LogP contribution in [0.4, 0.5) is 0 Å². The molecule has 0 aromatic heterocycles. The zero-order valence-electron chi connectivity index (χ0n) is 14.4. The second-order valence-corrected chi connectivity index (χ2v) is 7.72. The Balaban J connectivity index is 1.54. The van der Waals surface area contributed by atoms with Crippen LogP contribution in [-0.2, 0) is 9.53 Å². The Labute approximate surface area is 140 Å². The molecule has 3 fully saturated rings. The molecule has 0 aromatic carbocycles. The standard InChI is InChI=1S/C18H33N3O2/c19-16-6-4-5-15(16)13-17(22)20-14-18(7-11-23-12-8-18)21-9-2-1-3-10-21/h15-16H,1-14,19H2,(H,20,22)/t15-,16+/m0/s1. The van der Waals surface area contributed by atoms with Gasteiger partial charge in [-0.05, 0) is 57.5 Å². The van der Waals surface area contributed by atoms with Crippen molar-refractivity contribution in [3.05, 3.63) is 0 Å². The maximum absolute atomic E-state index is 12.4. The first-order valence-corrected chi connectivity index (χ1v) is 9.55. The summed E-state index contributed by atoms with van der Waals surface area (Å²) in [5.41, 5.74) is 6.22. The van der Waals surface area contributed by atoms with Crippen LogP contribution in [-0.4, -0.2) is 55.2 Å². The summed E-state index contributed by atoms with van der Waals surface area (Å²) in [6.45, 7) is 4.75. The molecule has 0 aromatic rings. The molecule has 0 unspecified atom stereocenters. The number of rotatable bonds is 5. The molecule has 0 spiro atoms. The van der Waals surface area contributed by atoms with Gasteiger partial charge in [0.25, 0.3) is 0 Å². The third kappa shape index (κ3) is 4.25. The molecular weight excluding hydrogens is 290 g/mol. The van der Waals surface area contributed by atoms with E-state index in [-0.39, 0.29) is 17.5 Å². The second-order valence-electron chi connectivity index (χ2n) is 7.72. The van der Waals surface area contributed by atoms with Crippen LogP contribution < -0.4 is 11.1 Å². The number of hydrogen-bond donors (Lipinski definition) is 2. The van der Waals surface area contributed by atoms with Gasteiger partial charge in [-0.15, -0.1) is 0 Å². The van der Waals surface area contributed by atoms with Crippen LogP contribution in [0.3, 0.4) is 0 Å². The molecule has 2 saturated heterocycles. The number of piperidine rings is 1. The Morgan fingerprint density at radius 2 is 1.87 bits per heavy atom. The van der Waals surface area contributed by atoms with Crippen LogP contribution in [0.5, 0.6) is 0 Å². The summed E-state index contributed by atoms with van der Waals surface area (Å²) in [5, 5.41) is 3.25. The molecule has 2 heterocycles. The van der Waals surface area contributed by atoms with Gasteiger partial charge in [0.1, 0.15) is 0 Å². The van der Waals surface area contributed by atoms with Crippen LogP contribution in [0.1, 0.15) is 57.8 Å². The number of nitrogens with zero attached hydrogens (tertiary/aromatic N) is 1. The van der Waals surface area contributed by atoms with Crippen molar-refractivity contribution < 1.29 is 9.53 Å². The Bertz CT molecular complexity index is 390. The number of ether oxygens (including phenoxy) is 1. The Morgan fingerprint density at radius 3 is 2.52 bits per heavy atom. The largest absolute Gasteiger partial charge is 0.381 e. The van der Waals surface area contributed by atoms with Crippen LogP contribution >= 0.6 is 0 Å². The minimum absolute atomic E-state index is 0.117. The van der Waals surface area contributed by atoms with Crippen molar-refractivity contribution in [3.8, 4) is 0 Å². The van der Waals surface area contributed by atoms with Crippen LogP contribution in [0.15, 0.2) is 0 Å². The third-order valence-electron chi connectivity index (χ3n) is 6.23. The molecule has 132 valence electrons. The minimum Gasteiger partial charge on any atom is -0.381 e. The number of likely N-dealkylation sites (tertiary alicyclic amines) is 1. The van der Waals surface area contributed by atoms with Gasteiger partial charge in [-0.3, -0.25) is 9.69 Å². The van der Waals surface area contributed by atoms with Gasteiger partial charge in [-0.2, -0.15) is 0 Å². The molecule has 1 aliphatic carbocycles.